The van der Waals surface area contributed by atoms with Crippen molar-refractivity contribution in [1.82, 2.24) is 15.1 Å². The number of nitrogens with one attached hydrogen (secondary N) is 1. The number of nitrogens with zero attached hydrogens (tertiary/aromatic N) is 2. The summed E-state index contributed by atoms with van der Waals surface area (Å²) in [7, 11) is -1.52. The van der Waals surface area contributed by atoms with Crippen LogP contribution in [0.5, 0.6) is 0 Å². The average molecular weight is 581 g/mol. The first kappa shape index (κ1) is 28.9. The lowest BCUT2D eigenvalue weighted by atomic mass is 9.81. The molecule has 0 bridgehead atoms. The quantitative estimate of drug-likeness (QED) is 0.491. The fourth-order valence-electron chi connectivity index (χ4n) is 5.66. The van der Waals surface area contributed by atoms with Crippen LogP contribution >= 0.6 is 23.2 Å². The smallest absolute Gasteiger partial charge is 0.251 e. The minimum absolute atomic E-state index is 0.0505. The maximum Gasteiger partial charge on any atom is 0.251 e. The van der Waals surface area contributed by atoms with Gasteiger partial charge in [-0.2, -0.15) is 0 Å². The van der Waals surface area contributed by atoms with E-state index in [1.165, 1.54) is 12.1 Å². The van der Waals surface area contributed by atoms with Gasteiger partial charge in [0.1, 0.15) is 6.04 Å². The number of rotatable bonds is 8. The molecule has 2 aromatic rings. The van der Waals surface area contributed by atoms with Gasteiger partial charge in [-0.3, -0.25) is 9.59 Å². The fraction of sp³-hybridized carbons (Fsp3) is 0.500. The Morgan fingerprint density at radius 3 is 2.45 bits per heavy atom. The Bertz CT molecular complexity index is 1270. The lowest BCUT2D eigenvalue weighted by Gasteiger charge is -2.44. The summed E-state index contributed by atoms with van der Waals surface area (Å²) in [4.78, 5) is 30.6. The van der Waals surface area contributed by atoms with Crippen LogP contribution in [0.2, 0.25) is 10.0 Å². The lowest BCUT2D eigenvalue weighted by molar-refractivity contribution is -0.133. The summed E-state index contributed by atoms with van der Waals surface area (Å²) in [6.07, 6.45) is 2.74. The molecule has 0 radical (unpaired) electrons. The molecule has 4 atom stereocenters. The monoisotopic (exact) mass is 579 g/mol. The highest BCUT2D eigenvalue weighted by Crippen LogP contribution is 2.36. The number of halogens is 2. The number of carbonyl (C=O) groups is 2. The van der Waals surface area contributed by atoms with Crippen LogP contribution in [-0.4, -0.2) is 73.5 Å². The Morgan fingerprint density at radius 2 is 1.79 bits per heavy atom. The third-order valence-corrected chi connectivity index (χ3v) is 10.3. The summed E-state index contributed by atoms with van der Waals surface area (Å²) in [5, 5.41) is 3.78. The van der Waals surface area contributed by atoms with Crippen LogP contribution < -0.4 is 5.32 Å². The zero-order chi connectivity index (χ0) is 27.6. The molecule has 1 aliphatic heterocycles. The van der Waals surface area contributed by atoms with Crippen LogP contribution in [0.15, 0.2) is 53.4 Å². The van der Waals surface area contributed by atoms with Crippen LogP contribution in [-0.2, 0) is 14.6 Å². The molecule has 2 amide bonds. The minimum atomic E-state index is -3.60. The number of carbonyl (C=O) groups excluding carboxylic acids is 2. The van der Waals surface area contributed by atoms with Gasteiger partial charge in [0.2, 0.25) is 5.91 Å². The van der Waals surface area contributed by atoms with Crippen molar-refractivity contribution in [3.05, 3.63) is 64.1 Å². The Kier molecular flexibility index (Phi) is 9.07. The van der Waals surface area contributed by atoms with E-state index in [1.807, 2.05) is 0 Å². The Balaban J connectivity index is 1.53. The predicted octanol–water partition coefficient (Wildman–Crippen LogP) is 4.68. The first-order valence-electron chi connectivity index (χ1n) is 13.0. The highest BCUT2D eigenvalue weighted by Gasteiger charge is 2.44. The van der Waals surface area contributed by atoms with E-state index in [1.54, 1.807) is 41.3 Å². The summed E-state index contributed by atoms with van der Waals surface area (Å²) >= 11 is 12.0. The highest BCUT2D eigenvalue weighted by molar-refractivity contribution is 7.91. The van der Waals surface area contributed by atoms with Crippen LogP contribution in [0.1, 0.15) is 49.9 Å². The third-order valence-electron chi connectivity index (χ3n) is 7.94. The maximum absolute atomic E-state index is 13.5. The van der Waals surface area contributed by atoms with Gasteiger partial charge in [0, 0.05) is 40.3 Å². The number of sulfone groups is 1. The van der Waals surface area contributed by atoms with E-state index in [0.29, 0.717) is 47.5 Å². The molecule has 4 rings (SSSR count). The molecule has 1 heterocycles. The second kappa shape index (κ2) is 11.9. The second-order valence-electron chi connectivity index (χ2n) is 10.6. The van der Waals surface area contributed by atoms with Gasteiger partial charge < -0.3 is 15.1 Å². The molecular weight excluding hydrogens is 545 g/mol. The molecule has 2 aliphatic rings. The largest absolute Gasteiger partial charge is 0.340 e. The van der Waals surface area contributed by atoms with Crippen molar-refractivity contribution in [1.29, 1.82) is 0 Å². The zero-order valence-electron chi connectivity index (χ0n) is 21.9. The van der Waals surface area contributed by atoms with Gasteiger partial charge in [-0.1, -0.05) is 29.3 Å². The molecule has 0 unspecified atom stereocenters. The van der Waals surface area contributed by atoms with Crippen molar-refractivity contribution in [2.75, 3.05) is 19.3 Å². The molecule has 38 heavy (non-hydrogen) atoms. The summed E-state index contributed by atoms with van der Waals surface area (Å²) in [5.74, 6) is -0.792. The maximum atomic E-state index is 13.5. The molecule has 1 N–H and O–H groups in total. The molecular formula is C28H35Cl2N3O4S. The van der Waals surface area contributed by atoms with Crippen molar-refractivity contribution in [3.8, 4) is 0 Å². The first-order valence-corrected chi connectivity index (χ1v) is 15.4. The van der Waals surface area contributed by atoms with Crippen LogP contribution in [0.4, 0.5) is 0 Å². The number of hydrogen-bond acceptors (Lipinski definition) is 5. The normalized spacial score (nSPS) is 24.3. The molecule has 1 saturated carbocycles. The first-order chi connectivity index (χ1) is 18.0. The SMILES string of the molecule is CC(C)N(C)[C@@H]1CC[C@H](N2CC[C@H](NC(=O)c3cccc(Cl)c3)C2=O)[C@@H](CS(=O)(=O)c2ccc(Cl)cc2)C1. The minimum Gasteiger partial charge on any atom is -0.340 e. The second-order valence-corrected chi connectivity index (χ2v) is 13.6. The van der Waals surface area contributed by atoms with Gasteiger partial charge in [-0.15, -0.1) is 0 Å². The van der Waals surface area contributed by atoms with E-state index in [9.17, 15) is 18.0 Å². The summed E-state index contributed by atoms with van der Waals surface area (Å²) in [5.41, 5.74) is 0.396. The average Bonchev–Trinajstić information content (AvgIpc) is 3.23. The Hall–Kier alpha value is -2.13. The number of benzene rings is 2. The molecule has 0 aromatic heterocycles. The van der Waals surface area contributed by atoms with Gasteiger partial charge in [-0.25, -0.2) is 8.42 Å². The van der Waals surface area contributed by atoms with Crippen molar-refractivity contribution in [3.63, 3.8) is 0 Å². The number of hydrogen-bond donors (Lipinski definition) is 1. The summed E-state index contributed by atoms with van der Waals surface area (Å²) < 4.78 is 26.9. The van der Waals surface area contributed by atoms with Crippen LogP contribution in [0.3, 0.4) is 0 Å². The predicted molar refractivity (Wildman–Crippen MR) is 150 cm³/mol. The van der Waals surface area contributed by atoms with E-state index < -0.39 is 15.9 Å². The Labute approximate surface area is 235 Å². The number of likely N-dealkylation sites (tertiary alicyclic amines) is 1. The number of amides is 2. The third kappa shape index (κ3) is 6.53. The highest BCUT2D eigenvalue weighted by atomic mass is 35.5. The molecule has 2 fully saturated rings. The van der Waals surface area contributed by atoms with Gasteiger partial charge in [0.25, 0.3) is 5.91 Å². The van der Waals surface area contributed by atoms with Gasteiger partial charge in [0.05, 0.1) is 10.6 Å². The molecule has 0 spiro atoms. The standard InChI is InChI=1S/C28H35Cl2N3O4S/c1-18(2)32(3)23-9-12-26(20(16-23)17-38(36,37)24-10-7-21(29)8-11-24)33-14-13-25(28(33)35)31-27(34)19-5-4-6-22(30)15-19/h4-8,10-11,15,18,20,23,25-26H,9,12-14,16-17H2,1-3H3,(H,31,34)/t20-,23-,25+,26+/m1/s1. The van der Waals surface area contributed by atoms with E-state index in [0.717, 1.165) is 6.42 Å². The van der Waals surface area contributed by atoms with Crippen LogP contribution in [0.25, 0.3) is 0 Å². The topological polar surface area (TPSA) is 86.8 Å². The van der Waals surface area contributed by atoms with Gasteiger partial charge in [-0.05, 0) is 95.0 Å². The molecule has 2 aromatic carbocycles. The Morgan fingerprint density at radius 1 is 1.08 bits per heavy atom. The molecule has 10 heteroatoms. The summed E-state index contributed by atoms with van der Waals surface area (Å²) in [6, 6.07) is 12.5. The molecule has 206 valence electrons. The fourth-order valence-corrected chi connectivity index (χ4v) is 7.64. The van der Waals surface area contributed by atoms with Crippen molar-refractivity contribution >= 4 is 44.9 Å². The van der Waals surface area contributed by atoms with Crippen molar-refractivity contribution in [2.45, 2.75) is 68.6 Å². The van der Waals surface area contributed by atoms with E-state index in [4.69, 9.17) is 23.2 Å². The van der Waals surface area contributed by atoms with E-state index in [2.05, 4.69) is 31.1 Å². The molecule has 1 saturated heterocycles. The molecule has 1 aliphatic carbocycles. The van der Waals surface area contributed by atoms with Crippen molar-refractivity contribution < 1.29 is 18.0 Å². The lowest BCUT2D eigenvalue weighted by Crippen LogP contribution is -2.53. The van der Waals surface area contributed by atoms with Gasteiger partial charge in [0.15, 0.2) is 9.84 Å². The van der Waals surface area contributed by atoms with Crippen molar-refractivity contribution in [2.24, 2.45) is 5.92 Å². The zero-order valence-corrected chi connectivity index (χ0v) is 24.3. The van der Waals surface area contributed by atoms with E-state index in [-0.39, 0.29) is 40.5 Å². The van der Waals surface area contributed by atoms with E-state index >= 15 is 0 Å². The summed E-state index contributed by atoms with van der Waals surface area (Å²) in [6.45, 7) is 4.73. The molecule has 7 nitrogen and oxygen atoms in total. The van der Waals surface area contributed by atoms with Gasteiger partial charge >= 0.3 is 0 Å². The van der Waals surface area contributed by atoms with Crippen LogP contribution in [0, 0.1) is 5.92 Å².